The third-order valence-corrected chi connectivity index (χ3v) is 5.55. The van der Waals surface area contributed by atoms with Crippen molar-refractivity contribution in [3.63, 3.8) is 0 Å². The Morgan fingerprint density at radius 3 is 2.30 bits per heavy atom. The van der Waals surface area contributed by atoms with E-state index in [2.05, 4.69) is 15.9 Å². The van der Waals surface area contributed by atoms with E-state index in [1.54, 1.807) is 36.4 Å². The van der Waals surface area contributed by atoms with Crippen molar-refractivity contribution in [3.05, 3.63) is 52.0 Å². The summed E-state index contributed by atoms with van der Waals surface area (Å²) < 4.78 is 27.0. The second kappa shape index (κ2) is 5.63. The van der Waals surface area contributed by atoms with E-state index in [4.69, 9.17) is 17.3 Å². The molecular formula is C13H12BrClN2O2S. The third-order valence-electron chi connectivity index (χ3n) is 2.79. The van der Waals surface area contributed by atoms with E-state index in [1.165, 1.54) is 17.4 Å². The molecule has 106 valence electrons. The van der Waals surface area contributed by atoms with Gasteiger partial charge in [-0.1, -0.05) is 27.5 Å². The number of hydrogen-bond donors (Lipinski definition) is 1. The van der Waals surface area contributed by atoms with E-state index in [-0.39, 0.29) is 9.92 Å². The Bertz CT molecular complexity index is 733. The second-order valence-corrected chi connectivity index (χ2v) is 7.40. The largest absolute Gasteiger partial charge is 0.399 e. The van der Waals surface area contributed by atoms with Gasteiger partial charge < -0.3 is 5.73 Å². The maximum atomic E-state index is 12.5. The average molecular weight is 376 g/mol. The predicted octanol–water partition coefficient (Wildman–Crippen LogP) is 3.51. The highest BCUT2D eigenvalue weighted by Crippen LogP contribution is 2.29. The number of rotatable bonds is 3. The molecule has 2 aromatic rings. The summed E-state index contributed by atoms with van der Waals surface area (Å²) in [6.45, 7) is 0. The highest BCUT2D eigenvalue weighted by atomic mass is 79.9. The molecular weight excluding hydrogens is 364 g/mol. The zero-order chi connectivity index (χ0) is 14.9. The van der Waals surface area contributed by atoms with Gasteiger partial charge in [-0.3, -0.25) is 4.31 Å². The first-order valence-electron chi connectivity index (χ1n) is 5.62. The number of halogens is 2. The predicted molar refractivity (Wildman–Crippen MR) is 85.6 cm³/mol. The lowest BCUT2D eigenvalue weighted by Crippen LogP contribution is -2.26. The Labute approximate surface area is 131 Å². The molecule has 0 bridgehead atoms. The van der Waals surface area contributed by atoms with Crippen LogP contribution in [0.25, 0.3) is 0 Å². The number of nitrogens with zero attached hydrogens (tertiary/aromatic N) is 1. The summed E-state index contributed by atoms with van der Waals surface area (Å²) in [5.41, 5.74) is 6.68. The number of anilines is 2. The number of sulfonamides is 1. The summed E-state index contributed by atoms with van der Waals surface area (Å²) in [5.74, 6) is 0. The number of hydrogen-bond acceptors (Lipinski definition) is 3. The summed E-state index contributed by atoms with van der Waals surface area (Å²) in [4.78, 5) is 0.0571. The van der Waals surface area contributed by atoms with Crippen LogP contribution in [-0.4, -0.2) is 15.5 Å². The van der Waals surface area contributed by atoms with Gasteiger partial charge in [-0.25, -0.2) is 8.42 Å². The molecule has 0 unspecified atom stereocenters. The molecule has 0 aliphatic rings. The molecule has 7 heteroatoms. The minimum absolute atomic E-state index is 0.0571. The third kappa shape index (κ3) is 2.92. The molecule has 0 radical (unpaired) electrons. The summed E-state index contributed by atoms with van der Waals surface area (Å²) in [7, 11) is -2.24. The lowest BCUT2D eigenvalue weighted by molar-refractivity contribution is 0.594. The van der Waals surface area contributed by atoms with Gasteiger partial charge in [0.2, 0.25) is 0 Å². The van der Waals surface area contributed by atoms with Gasteiger partial charge in [-0.15, -0.1) is 0 Å². The maximum Gasteiger partial charge on any atom is 0.265 e. The van der Waals surface area contributed by atoms with Crippen molar-refractivity contribution in [3.8, 4) is 0 Å². The summed E-state index contributed by atoms with van der Waals surface area (Å²) in [6, 6.07) is 11.2. The normalized spacial score (nSPS) is 11.3. The first-order chi connectivity index (χ1) is 9.32. The van der Waals surface area contributed by atoms with Crippen molar-refractivity contribution in [1.82, 2.24) is 0 Å². The van der Waals surface area contributed by atoms with Gasteiger partial charge in [-0.2, -0.15) is 0 Å². The van der Waals surface area contributed by atoms with Gasteiger partial charge in [0, 0.05) is 17.2 Å². The molecule has 0 spiro atoms. The standard InChI is InChI=1S/C13H12BrClN2O2S/c1-17(11-5-3-10(16)4-6-11)20(18,19)13-7-2-9(14)8-12(13)15/h2-8H,16H2,1H3. The molecule has 2 N–H and O–H groups in total. The highest BCUT2D eigenvalue weighted by molar-refractivity contribution is 9.10. The van der Waals surface area contributed by atoms with E-state index in [9.17, 15) is 8.42 Å². The smallest absolute Gasteiger partial charge is 0.265 e. The van der Waals surface area contributed by atoms with Crippen LogP contribution in [-0.2, 0) is 10.0 Å². The van der Waals surface area contributed by atoms with Crippen LogP contribution in [0.1, 0.15) is 0 Å². The first kappa shape index (κ1) is 15.2. The molecule has 2 rings (SSSR count). The van der Waals surface area contributed by atoms with Gasteiger partial charge in [0.1, 0.15) is 4.90 Å². The zero-order valence-electron chi connectivity index (χ0n) is 10.5. The van der Waals surface area contributed by atoms with Crippen molar-refractivity contribution < 1.29 is 8.42 Å². The molecule has 4 nitrogen and oxygen atoms in total. The van der Waals surface area contributed by atoms with Crippen molar-refractivity contribution in [2.45, 2.75) is 4.90 Å². The van der Waals surface area contributed by atoms with Crippen LogP contribution in [0.2, 0.25) is 5.02 Å². The van der Waals surface area contributed by atoms with Crippen LogP contribution in [0, 0.1) is 0 Å². The molecule has 0 aromatic heterocycles. The van der Waals surface area contributed by atoms with E-state index in [1.807, 2.05) is 0 Å². The van der Waals surface area contributed by atoms with Gasteiger partial charge in [0.25, 0.3) is 10.0 Å². The maximum absolute atomic E-state index is 12.5. The van der Waals surface area contributed by atoms with Gasteiger partial charge in [0.15, 0.2) is 0 Å². The molecule has 0 fully saturated rings. The number of nitrogen functional groups attached to an aromatic ring is 1. The quantitative estimate of drug-likeness (QED) is 0.835. The molecule has 0 aliphatic heterocycles. The Kier molecular flexibility index (Phi) is 4.27. The SMILES string of the molecule is CN(c1ccc(N)cc1)S(=O)(=O)c1ccc(Br)cc1Cl. The van der Waals surface area contributed by atoms with Crippen molar-refractivity contribution in [2.24, 2.45) is 0 Å². The minimum Gasteiger partial charge on any atom is -0.399 e. The van der Waals surface area contributed by atoms with Gasteiger partial charge in [0.05, 0.1) is 10.7 Å². The Morgan fingerprint density at radius 1 is 1.15 bits per heavy atom. The molecule has 0 amide bonds. The minimum atomic E-state index is -3.71. The second-order valence-electron chi connectivity index (χ2n) is 4.14. The molecule has 0 saturated carbocycles. The highest BCUT2D eigenvalue weighted by Gasteiger charge is 2.24. The molecule has 0 heterocycles. The zero-order valence-corrected chi connectivity index (χ0v) is 13.7. The fourth-order valence-electron chi connectivity index (χ4n) is 1.65. The van der Waals surface area contributed by atoms with Crippen LogP contribution >= 0.6 is 27.5 Å². The molecule has 0 aliphatic carbocycles. The summed E-state index contributed by atoms with van der Waals surface area (Å²) in [5, 5.41) is 0.168. The monoisotopic (exact) mass is 374 g/mol. The number of nitrogens with two attached hydrogens (primary N) is 1. The van der Waals surface area contributed by atoms with E-state index >= 15 is 0 Å². The molecule has 20 heavy (non-hydrogen) atoms. The van der Waals surface area contributed by atoms with Crippen LogP contribution in [0.5, 0.6) is 0 Å². The Morgan fingerprint density at radius 2 is 1.75 bits per heavy atom. The lowest BCUT2D eigenvalue weighted by atomic mass is 10.3. The van der Waals surface area contributed by atoms with Gasteiger partial charge in [-0.05, 0) is 42.5 Å². The van der Waals surface area contributed by atoms with E-state index < -0.39 is 10.0 Å². The van der Waals surface area contributed by atoms with Gasteiger partial charge >= 0.3 is 0 Å². The Balaban J connectivity index is 2.46. The molecule has 2 aromatic carbocycles. The summed E-state index contributed by atoms with van der Waals surface area (Å²) >= 11 is 9.26. The first-order valence-corrected chi connectivity index (χ1v) is 8.23. The van der Waals surface area contributed by atoms with E-state index in [0.29, 0.717) is 11.4 Å². The molecule has 0 atom stereocenters. The average Bonchev–Trinajstić information content (AvgIpc) is 2.38. The fourth-order valence-corrected chi connectivity index (χ4v) is 3.86. The van der Waals surface area contributed by atoms with E-state index in [0.717, 1.165) is 4.47 Å². The van der Waals surface area contributed by atoms with Crippen molar-refractivity contribution in [2.75, 3.05) is 17.1 Å². The Hall–Kier alpha value is -1.24. The van der Waals surface area contributed by atoms with Crippen molar-refractivity contribution in [1.29, 1.82) is 0 Å². The molecule has 0 saturated heterocycles. The fraction of sp³-hybridized carbons (Fsp3) is 0.0769. The number of benzene rings is 2. The summed E-state index contributed by atoms with van der Waals surface area (Å²) in [6.07, 6.45) is 0. The van der Waals surface area contributed by atoms with Crippen LogP contribution in [0.4, 0.5) is 11.4 Å². The van der Waals surface area contributed by atoms with Crippen molar-refractivity contribution >= 4 is 48.9 Å². The van der Waals surface area contributed by atoms with Crippen LogP contribution < -0.4 is 10.0 Å². The van der Waals surface area contributed by atoms with Crippen LogP contribution in [0.3, 0.4) is 0 Å². The lowest BCUT2D eigenvalue weighted by Gasteiger charge is -2.20. The topological polar surface area (TPSA) is 63.4 Å². The van der Waals surface area contributed by atoms with Crippen LogP contribution in [0.15, 0.2) is 51.8 Å².